The molecule has 126 valence electrons. The summed E-state index contributed by atoms with van der Waals surface area (Å²) in [6.07, 6.45) is 1.89. The Bertz CT molecular complexity index is 744. The van der Waals surface area contributed by atoms with E-state index in [1.54, 1.807) is 6.07 Å². The second kappa shape index (κ2) is 6.99. The van der Waals surface area contributed by atoms with E-state index >= 15 is 0 Å². The first-order chi connectivity index (χ1) is 11.6. The Morgan fingerprint density at radius 3 is 2.79 bits per heavy atom. The predicted molar refractivity (Wildman–Crippen MR) is 95.0 cm³/mol. The van der Waals surface area contributed by atoms with Gasteiger partial charge < -0.3 is 10.2 Å². The third kappa shape index (κ3) is 3.55. The molecule has 0 saturated heterocycles. The van der Waals surface area contributed by atoms with Crippen LogP contribution in [0.4, 0.5) is 5.82 Å². The van der Waals surface area contributed by atoms with E-state index in [-0.39, 0.29) is 5.91 Å². The molecule has 5 nitrogen and oxygen atoms in total. The van der Waals surface area contributed by atoms with Gasteiger partial charge in [-0.25, -0.2) is 9.97 Å². The first kappa shape index (κ1) is 16.4. The summed E-state index contributed by atoms with van der Waals surface area (Å²) < 4.78 is 0. The molecular formula is C19H24N4O. The molecule has 0 bridgehead atoms. The van der Waals surface area contributed by atoms with Crippen LogP contribution in [0.25, 0.3) is 0 Å². The highest BCUT2D eigenvalue weighted by Crippen LogP contribution is 2.20. The van der Waals surface area contributed by atoms with Crippen molar-refractivity contribution in [3.8, 4) is 0 Å². The van der Waals surface area contributed by atoms with E-state index in [1.165, 1.54) is 11.1 Å². The van der Waals surface area contributed by atoms with Gasteiger partial charge in [-0.15, -0.1) is 0 Å². The fourth-order valence-corrected chi connectivity index (χ4v) is 2.94. The summed E-state index contributed by atoms with van der Waals surface area (Å²) in [5.41, 5.74) is 3.02. The van der Waals surface area contributed by atoms with Crippen molar-refractivity contribution >= 4 is 11.7 Å². The van der Waals surface area contributed by atoms with Crippen LogP contribution in [-0.2, 0) is 13.0 Å². The summed E-state index contributed by atoms with van der Waals surface area (Å²) in [6.45, 7) is 7.41. The Labute approximate surface area is 143 Å². The lowest BCUT2D eigenvalue weighted by Gasteiger charge is -2.28. The van der Waals surface area contributed by atoms with Gasteiger partial charge in [-0.05, 0) is 37.8 Å². The molecule has 2 aromatic rings. The molecule has 5 heteroatoms. The topological polar surface area (TPSA) is 58.1 Å². The SMILES string of the molecule is CCC(C)Nc1cc(C(=O)N2CCc3ccccc3C2)nc(C)n1. The van der Waals surface area contributed by atoms with Gasteiger partial charge in [0.25, 0.3) is 5.91 Å². The molecule has 0 saturated carbocycles. The van der Waals surface area contributed by atoms with Crippen LogP contribution in [0.3, 0.4) is 0 Å². The number of hydrogen-bond acceptors (Lipinski definition) is 4. The van der Waals surface area contributed by atoms with E-state index in [0.29, 0.717) is 24.1 Å². The van der Waals surface area contributed by atoms with Crippen molar-refractivity contribution < 1.29 is 4.79 Å². The summed E-state index contributed by atoms with van der Waals surface area (Å²) in [6, 6.07) is 10.4. The molecule has 0 fully saturated rings. The molecular weight excluding hydrogens is 300 g/mol. The summed E-state index contributed by atoms with van der Waals surface area (Å²) >= 11 is 0. The minimum absolute atomic E-state index is 0.0257. The van der Waals surface area contributed by atoms with E-state index in [1.807, 2.05) is 17.9 Å². The molecule has 0 aliphatic carbocycles. The highest BCUT2D eigenvalue weighted by atomic mass is 16.2. The third-order valence-corrected chi connectivity index (χ3v) is 4.48. The lowest BCUT2D eigenvalue weighted by atomic mass is 10.00. The molecule has 1 amide bonds. The molecule has 24 heavy (non-hydrogen) atoms. The van der Waals surface area contributed by atoms with E-state index in [0.717, 1.165) is 25.2 Å². The molecule has 1 unspecified atom stereocenters. The third-order valence-electron chi connectivity index (χ3n) is 4.48. The monoisotopic (exact) mass is 324 g/mol. The number of benzene rings is 1. The van der Waals surface area contributed by atoms with Crippen LogP contribution in [0.1, 0.15) is 47.7 Å². The molecule has 1 aromatic carbocycles. The van der Waals surface area contributed by atoms with E-state index in [2.05, 4.69) is 47.3 Å². The largest absolute Gasteiger partial charge is 0.368 e. The molecule has 1 aliphatic rings. The predicted octanol–water partition coefficient (Wildman–Crippen LogP) is 3.19. The fourth-order valence-electron chi connectivity index (χ4n) is 2.94. The number of anilines is 1. The quantitative estimate of drug-likeness (QED) is 0.938. The maximum atomic E-state index is 12.9. The summed E-state index contributed by atoms with van der Waals surface area (Å²) in [7, 11) is 0. The molecule has 1 atom stereocenters. The highest BCUT2D eigenvalue weighted by molar-refractivity contribution is 5.93. The van der Waals surface area contributed by atoms with Crippen LogP contribution in [0.15, 0.2) is 30.3 Å². The van der Waals surface area contributed by atoms with E-state index in [4.69, 9.17) is 0 Å². The Morgan fingerprint density at radius 1 is 1.29 bits per heavy atom. The lowest BCUT2D eigenvalue weighted by molar-refractivity contribution is 0.0728. The van der Waals surface area contributed by atoms with Gasteiger partial charge in [0.05, 0.1) is 0 Å². The molecule has 3 rings (SSSR count). The lowest BCUT2D eigenvalue weighted by Crippen LogP contribution is -2.36. The number of hydrogen-bond donors (Lipinski definition) is 1. The first-order valence-electron chi connectivity index (χ1n) is 8.55. The number of amides is 1. The van der Waals surface area contributed by atoms with Crippen LogP contribution in [0, 0.1) is 6.92 Å². The van der Waals surface area contributed by atoms with Crippen LogP contribution in [-0.4, -0.2) is 33.4 Å². The van der Waals surface area contributed by atoms with Crippen molar-refractivity contribution in [2.75, 3.05) is 11.9 Å². The van der Waals surface area contributed by atoms with E-state index < -0.39 is 0 Å². The summed E-state index contributed by atoms with van der Waals surface area (Å²) in [5.74, 6) is 1.31. The standard InChI is InChI=1S/C19H24N4O/c1-4-13(2)20-18-11-17(21-14(3)22-18)19(24)23-10-9-15-7-5-6-8-16(15)12-23/h5-8,11,13H,4,9-10,12H2,1-3H3,(H,20,21,22). The van der Waals surface area contributed by atoms with Gasteiger partial charge in [0.15, 0.2) is 0 Å². The van der Waals surface area contributed by atoms with Crippen molar-refractivity contribution in [3.05, 3.63) is 53.0 Å². The maximum absolute atomic E-state index is 12.9. The van der Waals surface area contributed by atoms with Crippen LogP contribution >= 0.6 is 0 Å². The zero-order chi connectivity index (χ0) is 17.1. The fraction of sp³-hybridized carbons (Fsp3) is 0.421. The molecule has 0 radical (unpaired) electrons. The number of aromatic nitrogens is 2. The van der Waals surface area contributed by atoms with Gasteiger partial charge in [0.2, 0.25) is 0 Å². The Hall–Kier alpha value is -2.43. The number of carbonyl (C=O) groups is 1. The Kier molecular flexibility index (Phi) is 4.79. The molecule has 1 aromatic heterocycles. The Morgan fingerprint density at radius 2 is 2.04 bits per heavy atom. The smallest absolute Gasteiger partial charge is 0.272 e. The van der Waals surface area contributed by atoms with Crippen molar-refractivity contribution in [2.24, 2.45) is 0 Å². The van der Waals surface area contributed by atoms with E-state index in [9.17, 15) is 4.79 Å². The second-order valence-corrected chi connectivity index (χ2v) is 6.38. The van der Waals surface area contributed by atoms with Gasteiger partial charge in [-0.1, -0.05) is 31.2 Å². The van der Waals surface area contributed by atoms with Gasteiger partial charge in [0.1, 0.15) is 17.3 Å². The van der Waals surface area contributed by atoms with Crippen LogP contribution in [0.5, 0.6) is 0 Å². The first-order valence-corrected chi connectivity index (χ1v) is 8.55. The highest BCUT2D eigenvalue weighted by Gasteiger charge is 2.23. The van der Waals surface area contributed by atoms with Gasteiger partial charge in [-0.2, -0.15) is 0 Å². The number of aryl methyl sites for hydroxylation is 1. The second-order valence-electron chi connectivity index (χ2n) is 6.38. The summed E-state index contributed by atoms with van der Waals surface area (Å²) in [5, 5.41) is 3.32. The minimum Gasteiger partial charge on any atom is -0.368 e. The zero-order valence-corrected chi connectivity index (χ0v) is 14.5. The summed E-state index contributed by atoms with van der Waals surface area (Å²) in [4.78, 5) is 23.5. The molecule has 1 aliphatic heterocycles. The number of carbonyl (C=O) groups excluding carboxylic acids is 1. The van der Waals surface area contributed by atoms with Crippen molar-refractivity contribution in [2.45, 2.75) is 46.2 Å². The van der Waals surface area contributed by atoms with Gasteiger partial charge in [-0.3, -0.25) is 4.79 Å². The van der Waals surface area contributed by atoms with Crippen molar-refractivity contribution in [3.63, 3.8) is 0 Å². The number of nitrogens with one attached hydrogen (secondary N) is 1. The molecule has 0 spiro atoms. The maximum Gasteiger partial charge on any atom is 0.272 e. The average Bonchev–Trinajstić information content (AvgIpc) is 2.60. The van der Waals surface area contributed by atoms with Crippen LogP contribution in [0.2, 0.25) is 0 Å². The van der Waals surface area contributed by atoms with Gasteiger partial charge >= 0.3 is 0 Å². The number of fused-ring (bicyclic) bond motifs is 1. The normalized spacial score (nSPS) is 14.9. The van der Waals surface area contributed by atoms with Crippen LogP contribution < -0.4 is 5.32 Å². The zero-order valence-electron chi connectivity index (χ0n) is 14.5. The van der Waals surface area contributed by atoms with Crippen molar-refractivity contribution in [1.82, 2.24) is 14.9 Å². The van der Waals surface area contributed by atoms with Gasteiger partial charge in [0, 0.05) is 25.2 Å². The molecule has 2 heterocycles. The Balaban J connectivity index is 1.80. The average molecular weight is 324 g/mol. The molecule has 1 N–H and O–H groups in total. The number of rotatable bonds is 4. The number of nitrogens with zero attached hydrogens (tertiary/aromatic N) is 3. The van der Waals surface area contributed by atoms with Crippen molar-refractivity contribution in [1.29, 1.82) is 0 Å². The minimum atomic E-state index is -0.0257.